The maximum Gasteiger partial charge on any atom is 0.262 e. The summed E-state index contributed by atoms with van der Waals surface area (Å²) in [7, 11) is -3.74. The fourth-order valence-electron chi connectivity index (χ4n) is 1.60. The second kappa shape index (κ2) is 5.59. The van der Waals surface area contributed by atoms with Crippen LogP contribution in [0.15, 0.2) is 40.0 Å². The molecule has 3 N–H and O–H groups in total. The largest absolute Gasteiger partial charge is 0.397 e. The lowest BCUT2D eigenvalue weighted by Crippen LogP contribution is -2.15. The van der Waals surface area contributed by atoms with Crippen LogP contribution in [0, 0.1) is 6.92 Å². The van der Waals surface area contributed by atoms with E-state index in [0.29, 0.717) is 20.9 Å². The average molecular weight is 377 g/mol. The van der Waals surface area contributed by atoms with Crippen LogP contribution in [0.25, 0.3) is 0 Å². The van der Waals surface area contributed by atoms with Gasteiger partial charge in [0.25, 0.3) is 10.0 Å². The van der Waals surface area contributed by atoms with Gasteiger partial charge in [-0.05, 0) is 52.7 Å². The normalized spacial score (nSPS) is 11.3. The zero-order valence-corrected chi connectivity index (χ0v) is 13.6. The number of nitrogens with two attached hydrogens (primary N) is 1. The summed E-state index contributed by atoms with van der Waals surface area (Å²) in [4.78, 5) is 4.04. The highest BCUT2D eigenvalue weighted by molar-refractivity contribution is 9.10. The van der Waals surface area contributed by atoms with Gasteiger partial charge in [0.05, 0.1) is 27.5 Å². The van der Waals surface area contributed by atoms with Gasteiger partial charge in [0.2, 0.25) is 0 Å². The molecule has 0 saturated heterocycles. The van der Waals surface area contributed by atoms with Gasteiger partial charge < -0.3 is 5.73 Å². The Kier molecular flexibility index (Phi) is 4.22. The van der Waals surface area contributed by atoms with Gasteiger partial charge in [0, 0.05) is 0 Å². The Morgan fingerprint density at radius 3 is 2.65 bits per heavy atom. The number of benzene rings is 1. The van der Waals surface area contributed by atoms with Crippen molar-refractivity contribution in [3.8, 4) is 0 Å². The number of hydrogen-bond donors (Lipinski definition) is 2. The van der Waals surface area contributed by atoms with Gasteiger partial charge >= 0.3 is 0 Å². The molecule has 2 rings (SSSR count). The van der Waals surface area contributed by atoms with Crippen LogP contribution in [0.3, 0.4) is 0 Å². The third-order valence-electron chi connectivity index (χ3n) is 2.56. The molecular weight excluding hydrogens is 366 g/mol. The highest BCUT2D eigenvalue weighted by Gasteiger charge is 2.18. The van der Waals surface area contributed by atoms with Crippen LogP contribution in [0.2, 0.25) is 5.02 Å². The number of nitrogens with one attached hydrogen (secondary N) is 1. The van der Waals surface area contributed by atoms with Gasteiger partial charge in [-0.3, -0.25) is 4.72 Å². The number of rotatable bonds is 3. The number of halogens is 2. The minimum atomic E-state index is -3.74. The van der Waals surface area contributed by atoms with E-state index in [1.165, 1.54) is 18.3 Å². The van der Waals surface area contributed by atoms with Crippen molar-refractivity contribution in [3.05, 3.63) is 45.7 Å². The Hall–Kier alpha value is -1.31. The average Bonchev–Trinajstić information content (AvgIpc) is 2.36. The van der Waals surface area contributed by atoms with Crippen LogP contribution in [-0.2, 0) is 10.0 Å². The van der Waals surface area contributed by atoms with Crippen LogP contribution in [0.5, 0.6) is 0 Å². The van der Waals surface area contributed by atoms with E-state index in [4.69, 9.17) is 17.3 Å². The van der Waals surface area contributed by atoms with Gasteiger partial charge in [0.1, 0.15) is 4.60 Å². The summed E-state index contributed by atoms with van der Waals surface area (Å²) < 4.78 is 27.7. The number of nitrogens with zero attached hydrogens (tertiary/aromatic N) is 1. The van der Waals surface area contributed by atoms with Crippen LogP contribution >= 0.6 is 27.5 Å². The second-order valence-corrected chi connectivity index (χ2v) is 6.98. The molecule has 0 unspecified atom stereocenters. The van der Waals surface area contributed by atoms with Gasteiger partial charge in [-0.25, -0.2) is 13.4 Å². The van der Waals surface area contributed by atoms with E-state index in [1.54, 1.807) is 19.1 Å². The number of nitrogen functional groups attached to an aromatic ring is 1. The van der Waals surface area contributed by atoms with E-state index < -0.39 is 10.0 Å². The third-order valence-corrected chi connectivity index (χ3v) is 4.88. The lowest BCUT2D eigenvalue weighted by Gasteiger charge is -2.11. The number of aromatic nitrogens is 1. The lowest BCUT2D eigenvalue weighted by atomic mass is 10.2. The highest BCUT2D eigenvalue weighted by atomic mass is 79.9. The van der Waals surface area contributed by atoms with Crippen molar-refractivity contribution >= 4 is 48.9 Å². The summed E-state index contributed by atoms with van der Waals surface area (Å²) in [5.74, 6) is 0. The Labute approximate surface area is 130 Å². The first-order chi connectivity index (χ1) is 9.29. The quantitative estimate of drug-likeness (QED) is 0.636. The van der Waals surface area contributed by atoms with Crippen molar-refractivity contribution in [1.82, 2.24) is 4.98 Å². The summed E-state index contributed by atoms with van der Waals surface area (Å²) >= 11 is 9.04. The minimum absolute atomic E-state index is 0.0855. The van der Waals surface area contributed by atoms with Crippen LogP contribution in [-0.4, -0.2) is 13.4 Å². The Morgan fingerprint density at radius 1 is 1.35 bits per heavy atom. The summed E-state index contributed by atoms with van der Waals surface area (Å²) in [5, 5.41) is 0.326. The molecule has 0 aliphatic rings. The van der Waals surface area contributed by atoms with Crippen molar-refractivity contribution in [2.45, 2.75) is 11.8 Å². The summed E-state index contributed by atoms with van der Waals surface area (Å²) in [6.45, 7) is 1.65. The molecule has 0 aliphatic heterocycles. The first-order valence-corrected chi connectivity index (χ1v) is 8.15. The summed E-state index contributed by atoms with van der Waals surface area (Å²) in [6, 6.07) is 6.10. The molecule has 20 heavy (non-hydrogen) atoms. The maximum atomic E-state index is 12.3. The molecule has 0 aliphatic carbocycles. The predicted molar refractivity (Wildman–Crippen MR) is 83.3 cm³/mol. The molecule has 1 heterocycles. The second-order valence-electron chi connectivity index (χ2n) is 4.11. The molecule has 2 aromatic rings. The van der Waals surface area contributed by atoms with Gasteiger partial charge in [-0.2, -0.15) is 0 Å². The Balaban J connectivity index is 2.40. The van der Waals surface area contributed by atoms with E-state index in [2.05, 4.69) is 25.6 Å². The Bertz CT molecular complexity index is 748. The van der Waals surface area contributed by atoms with E-state index in [1.807, 2.05) is 0 Å². The van der Waals surface area contributed by atoms with Crippen molar-refractivity contribution < 1.29 is 8.42 Å². The molecule has 5 nitrogen and oxygen atoms in total. The molecule has 0 atom stereocenters. The fourth-order valence-corrected chi connectivity index (χ4v) is 3.36. The van der Waals surface area contributed by atoms with Crippen molar-refractivity contribution in [1.29, 1.82) is 0 Å². The Morgan fingerprint density at radius 2 is 2.05 bits per heavy atom. The van der Waals surface area contributed by atoms with Crippen LogP contribution in [0.1, 0.15) is 5.56 Å². The van der Waals surface area contributed by atoms with E-state index >= 15 is 0 Å². The molecule has 0 bridgehead atoms. The molecule has 1 aromatic carbocycles. The van der Waals surface area contributed by atoms with E-state index in [-0.39, 0.29) is 10.6 Å². The SMILES string of the molecule is Cc1cc(Cl)c(N)cc1S(=O)(=O)Nc1ccc(Br)nc1. The summed E-state index contributed by atoms with van der Waals surface area (Å²) in [5.41, 5.74) is 6.75. The first-order valence-electron chi connectivity index (χ1n) is 5.49. The smallest absolute Gasteiger partial charge is 0.262 e. The third kappa shape index (κ3) is 3.23. The fraction of sp³-hybridized carbons (Fsp3) is 0.0833. The van der Waals surface area contributed by atoms with Crippen molar-refractivity contribution in [3.63, 3.8) is 0 Å². The molecule has 0 spiro atoms. The van der Waals surface area contributed by atoms with E-state index in [9.17, 15) is 8.42 Å². The lowest BCUT2D eigenvalue weighted by molar-refractivity contribution is 0.600. The number of sulfonamides is 1. The van der Waals surface area contributed by atoms with Gasteiger partial charge in [-0.15, -0.1) is 0 Å². The van der Waals surface area contributed by atoms with Gasteiger partial charge in [-0.1, -0.05) is 11.6 Å². The highest BCUT2D eigenvalue weighted by Crippen LogP contribution is 2.27. The standard InChI is InChI=1S/C12H11BrClN3O2S/c1-7-4-9(14)10(15)5-11(7)20(18,19)17-8-2-3-12(13)16-6-8/h2-6,17H,15H2,1H3. The zero-order valence-electron chi connectivity index (χ0n) is 10.4. The monoisotopic (exact) mass is 375 g/mol. The molecule has 0 fully saturated rings. The maximum absolute atomic E-state index is 12.3. The van der Waals surface area contributed by atoms with Crippen molar-refractivity contribution in [2.24, 2.45) is 0 Å². The molecule has 8 heteroatoms. The number of anilines is 2. The first kappa shape index (κ1) is 15.1. The molecule has 1 aromatic heterocycles. The minimum Gasteiger partial charge on any atom is -0.397 e. The molecule has 0 amide bonds. The predicted octanol–water partition coefficient (Wildman–Crippen LogP) is 3.19. The number of aryl methyl sites for hydroxylation is 1. The van der Waals surface area contributed by atoms with Gasteiger partial charge in [0.15, 0.2) is 0 Å². The zero-order chi connectivity index (χ0) is 14.9. The topological polar surface area (TPSA) is 85.1 Å². The number of hydrogen-bond acceptors (Lipinski definition) is 4. The summed E-state index contributed by atoms with van der Waals surface area (Å²) in [6.07, 6.45) is 1.41. The van der Waals surface area contributed by atoms with Crippen LogP contribution in [0.4, 0.5) is 11.4 Å². The molecule has 0 radical (unpaired) electrons. The molecule has 0 saturated carbocycles. The van der Waals surface area contributed by atoms with Crippen LogP contribution < -0.4 is 10.5 Å². The molecule has 106 valence electrons. The van der Waals surface area contributed by atoms with E-state index in [0.717, 1.165) is 0 Å². The van der Waals surface area contributed by atoms with Crippen molar-refractivity contribution in [2.75, 3.05) is 10.5 Å². The number of pyridine rings is 1. The molecular formula is C12H11BrClN3O2S.